The molecule has 0 saturated carbocycles. The smallest absolute Gasteiger partial charge is 0.250 e. The van der Waals surface area contributed by atoms with Crippen molar-refractivity contribution in [3.05, 3.63) is 82.8 Å². The Hall–Kier alpha value is -3.63. The van der Waals surface area contributed by atoms with Gasteiger partial charge in [-0.25, -0.2) is 5.43 Å². The second kappa shape index (κ2) is 11.7. The Kier molecular flexibility index (Phi) is 8.17. The highest BCUT2D eigenvalue weighted by molar-refractivity contribution is 9.10. The minimum absolute atomic E-state index is 0.112. The number of rotatable bonds is 9. The van der Waals surface area contributed by atoms with Crippen LogP contribution in [0.15, 0.2) is 87.5 Å². The average Bonchev–Trinajstić information content (AvgIpc) is 3.32. The predicted octanol–water partition coefficient (Wildman–Crippen LogP) is 4.96. The average molecular weight is 552 g/mol. The highest BCUT2D eigenvalue weighted by Crippen LogP contribution is 2.28. The minimum atomic E-state index is -0.273. The van der Waals surface area contributed by atoms with Crippen LogP contribution < -0.4 is 14.9 Å². The molecule has 0 saturated heterocycles. The molecular weight excluding hydrogens is 530 g/mol. The summed E-state index contributed by atoms with van der Waals surface area (Å²) in [6.07, 6.45) is 1.53. The van der Waals surface area contributed by atoms with Crippen LogP contribution in [0.5, 0.6) is 11.5 Å². The molecule has 0 unspecified atom stereocenters. The van der Waals surface area contributed by atoms with E-state index in [2.05, 4.69) is 36.7 Å². The molecule has 1 heterocycles. The summed E-state index contributed by atoms with van der Waals surface area (Å²) in [5, 5.41) is 13.4. The van der Waals surface area contributed by atoms with E-state index in [1.165, 1.54) is 18.0 Å². The van der Waals surface area contributed by atoms with E-state index >= 15 is 0 Å². The van der Waals surface area contributed by atoms with Gasteiger partial charge in [-0.1, -0.05) is 58.0 Å². The summed E-state index contributed by atoms with van der Waals surface area (Å²) in [7, 11) is 3.15. The van der Waals surface area contributed by atoms with Gasteiger partial charge in [-0.3, -0.25) is 9.36 Å². The molecule has 4 aromatic rings. The molecule has 0 bridgehead atoms. The molecule has 1 amide bonds. The molecule has 4 rings (SSSR count). The summed E-state index contributed by atoms with van der Waals surface area (Å²) in [6, 6.07) is 23.0. The number of ether oxygens (including phenoxy) is 2. The number of hydrazone groups is 1. The van der Waals surface area contributed by atoms with Crippen molar-refractivity contribution in [2.24, 2.45) is 5.10 Å². The van der Waals surface area contributed by atoms with E-state index in [1.54, 1.807) is 32.4 Å². The van der Waals surface area contributed by atoms with Crippen molar-refractivity contribution in [3.63, 3.8) is 0 Å². The third kappa shape index (κ3) is 6.09. The number of halogens is 1. The molecule has 8 nitrogen and oxygen atoms in total. The second-order valence-electron chi connectivity index (χ2n) is 7.17. The molecule has 0 aliphatic heterocycles. The Labute approximate surface area is 215 Å². The van der Waals surface area contributed by atoms with Crippen LogP contribution in [0.1, 0.15) is 5.56 Å². The molecule has 0 aliphatic rings. The fraction of sp³-hybridized carbons (Fsp3) is 0.120. The maximum atomic E-state index is 12.5. The van der Waals surface area contributed by atoms with Crippen molar-refractivity contribution in [1.29, 1.82) is 0 Å². The number of nitrogens with zero attached hydrogens (tertiary/aromatic N) is 4. The van der Waals surface area contributed by atoms with Crippen molar-refractivity contribution < 1.29 is 14.3 Å². The molecule has 10 heteroatoms. The lowest BCUT2D eigenvalue weighted by atomic mass is 10.2. The Morgan fingerprint density at radius 1 is 1.06 bits per heavy atom. The molecule has 0 atom stereocenters. The Balaban J connectivity index is 1.48. The van der Waals surface area contributed by atoms with Crippen molar-refractivity contribution in [2.45, 2.75) is 5.16 Å². The molecule has 1 aromatic heterocycles. The summed E-state index contributed by atoms with van der Waals surface area (Å²) < 4.78 is 13.4. The van der Waals surface area contributed by atoms with Crippen LogP contribution >= 0.6 is 27.7 Å². The Bertz CT molecular complexity index is 1330. The topological polar surface area (TPSA) is 90.6 Å². The minimum Gasteiger partial charge on any atom is -0.497 e. The number of amides is 1. The van der Waals surface area contributed by atoms with Gasteiger partial charge in [-0.2, -0.15) is 5.10 Å². The van der Waals surface area contributed by atoms with Gasteiger partial charge >= 0.3 is 0 Å². The van der Waals surface area contributed by atoms with E-state index in [0.29, 0.717) is 28.0 Å². The van der Waals surface area contributed by atoms with Crippen LogP contribution in [0.25, 0.3) is 17.1 Å². The van der Waals surface area contributed by atoms with E-state index in [1.807, 2.05) is 59.2 Å². The van der Waals surface area contributed by atoms with Gasteiger partial charge in [0.25, 0.3) is 5.91 Å². The van der Waals surface area contributed by atoms with Gasteiger partial charge in [0.2, 0.25) is 0 Å². The van der Waals surface area contributed by atoms with Crippen molar-refractivity contribution >= 4 is 39.8 Å². The van der Waals surface area contributed by atoms with Gasteiger partial charge < -0.3 is 9.47 Å². The summed E-state index contributed by atoms with van der Waals surface area (Å²) >= 11 is 4.75. The summed E-state index contributed by atoms with van der Waals surface area (Å²) in [5.74, 6) is 1.79. The van der Waals surface area contributed by atoms with E-state index in [0.717, 1.165) is 15.7 Å². The van der Waals surface area contributed by atoms with Crippen LogP contribution in [0, 0.1) is 0 Å². The van der Waals surface area contributed by atoms with Crippen LogP contribution in [-0.4, -0.2) is 46.9 Å². The summed E-state index contributed by atoms with van der Waals surface area (Å²) in [5.41, 5.74) is 5.08. The largest absolute Gasteiger partial charge is 0.497 e. The number of carbonyl (C=O) groups is 1. The molecule has 0 fully saturated rings. The van der Waals surface area contributed by atoms with E-state index in [9.17, 15) is 4.79 Å². The number of benzene rings is 3. The lowest BCUT2D eigenvalue weighted by Gasteiger charge is -2.10. The fourth-order valence-electron chi connectivity index (χ4n) is 3.22. The molecular formula is C25H22BrN5O3S. The molecule has 35 heavy (non-hydrogen) atoms. The first-order chi connectivity index (χ1) is 17.1. The lowest BCUT2D eigenvalue weighted by Crippen LogP contribution is -2.20. The zero-order chi connectivity index (χ0) is 24.6. The first-order valence-corrected chi connectivity index (χ1v) is 12.3. The first kappa shape index (κ1) is 24.5. The van der Waals surface area contributed by atoms with Crippen LogP contribution in [0.3, 0.4) is 0 Å². The van der Waals surface area contributed by atoms with Crippen LogP contribution in [0.4, 0.5) is 0 Å². The van der Waals surface area contributed by atoms with Gasteiger partial charge in [-0.05, 0) is 36.4 Å². The number of nitrogens with one attached hydrogen (secondary N) is 1. The van der Waals surface area contributed by atoms with Crippen molar-refractivity contribution in [1.82, 2.24) is 20.2 Å². The standard InChI is InChI=1S/C25H22BrN5O3S/c1-33-21-13-8-18(22(14-21)34-2)15-27-28-23(32)16-35-25-30-29-24(17-6-4-3-5-7-17)31(25)20-11-9-19(26)10-12-20/h3-15H,16H2,1-2H3,(H,28,32)/b27-15-. The quantitative estimate of drug-likeness (QED) is 0.180. The van der Waals surface area contributed by atoms with Crippen molar-refractivity contribution in [3.8, 4) is 28.6 Å². The zero-order valence-electron chi connectivity index (χ0n) is 19.0. The molecule has 0 radical (unpaired) electrons. The monoisotopic (exact) mass is 551 g/mol. The van der Waals surface area contributed by atoms with Gasteiger partial charge in [0.1, 0.15) is 11.5 Å². The molecule has 178 valence electrons. The SMILES string of the molecule is COc1ccc(/C=N\NC(=O)CSc2nnc(-c3ccccc3)n2-c2ccc(Br)cc2)c(OC)c1. The number of carbonyl (C=O) groups excluding carboxylic acids is 1. The highest BCUT2D eigenvalue weighted by Gasteiger charge is 2.17. The Morgan fingerprint density at radius 2 is 1.83 bits per heavy atom. The number of hydrogen-bond acceptors (Lipinski definition) is 7. The normalized spacial score (nSPS) is 10.9. The van der Waals surface area contributed by atoms with E-state index in [-0.39, 0.29) is 11.7 Å². The fourth-order valence-corrected chi connectivity index (χ4v) is 4.23. The summed E-state index contributed by atoms with van der Waals surface area (Å²) in [4.78, 5) is 12.5. The number of thioether (sulfide) groups is 1. The van der Waals surface area contributed by atoms with Gasteiger partial charge in [-0.15, -0.1) is 10.2 Å². The van der Waals surface area contributed by atoms with Crippen LogP contribution in [0.2, 0.25) is 0 Å². The Morgan fingerprint density at radius 3 is 2.54 bits per heavy atom. The second-order valence-corrected chi connectivity index (χ2v) is 9.03. The molecule has 1 N–H and O–H groups in total. The third-order valence-electron chi connectivity index (χ3n) is 4.92. The van der Waals surface area contributed by atoms with Gasteiger partial charge in [0.05, 0.1) is 26.2 Å². The van der Waals surface area contributed by atoms with Gasteiger partial charge in [0, 0.05) is 27.4 Å². The molecule has 0 spiro atoms. The first-order valence-electron chi connectivity index (χ1n) is 10.5. The highest BCUT2D eigenvalue weighted by atomic mass is 79.9. The maximum absolute atomic E-state index is 12.5. The van der Waals surface area contributed by atoms with E-state index < -0.39 is 0 Å². The van der Waals surface area contributed by atoms with Crippen LogP contribution in [-0.2, 0) is 4.79 Å². The predicted molar refractivity (Wildman–Crippen MR) is 141 cm³/mol. The van der Waals surface area contributed by atoms with E-state index in [4.69, 9.17) is 9.47 Å². The molecule has 3 aromatic carbocycles. The van der Waals surface area contributed by atoms with Crippen molar-refractivity contribution in [2.75, 3.05) is 20.0 Å². The number of hydrogen-bond donors (Lipinski definition) is 1. The maximum Gasteiger partial charge on any atom is 0.250 e. The lowest BCUT2D eigenvalue weighted by molar-refractivity contribution is -0.118. The zero-order valence-corrected chi connectivity index (χ0v) is 21.4. The number of aromatic nitrogens is 3. The molecule has 0 aliphatic carbocycles. The summed E-state index contributed by atoms with van der Waals surface area (Å²) in [6.45, 7) is 0. The number of methoxy groups -OCH3 is 2. The third-order valence-corrected chi connectivity index (χ3v) is 6.37. The van der Waals surface area contributed by atoms with Gasteiger partial charge in [0.15, 0.2) is 11.0 Å².